The molecule has 0 saturated carbocycles. The Morgan fingerprint density at radius 2 is 2.24 bits per heavy atom. The van der Waals surface area contributed by atoms with Gasteiger partial charge < -0.3 is 10.1 Å². The first-order valence-corrected chi connectivity index (χ1v) is 6.18. The molecular formula is C13H16BrNO2. The third-order valence-electron chi connectivity index (χ3n) is 2.29. The fraction of sp³-hybridized carbons (Fsp3) is 0.308. The molecule has 0 fully saturated rings. The zero-order chi connectivity index (χ0) is 12.8. The Morgan fingerprint density at radius 1 is 1.53 bits per heavy atom. The fourth-order valence-corrected chi connectivity index (χ4v) is 1.87. The Hall–Kier alpha value is -1.29. The molecule has 0 aliphatic rings. The van der Waals surface area contributed by atoms with Gasteiger partial charge in [-0.3, -0.25) is 4.79 Å². The largest absolute Gasteiger partial charge is 0.466 e. The second-order valence-corrected chi connectivity index (χ2v) is 4.44. The molecule has 1 aromatic carbocycles. The van der Waals surface area contributed by atoms with Gasteiger partial charge in [0.25, 0.3) is 0 Å². The van der Waals surface area contributed by atoms with Gasteiger partial charge in [-0.15, -0.1) is 0 Å². The Morgan fingerprint density at radius 3 is 2.82 bits per heavy atom. The summed E-state index contributed by atoms with van der Waals surface area (Å²) in [4.78, 5) is 11.4. The molecular weight excluding hydrogens is 282 g/mol. The second-order valence-electron chi connectivity index (χ2n) is 3.53. The van der Waals surface area contributed by atoms with Gasteiger partial charge in [-0.1, -0.05) is 28.6 Å². The molecule has 0 amide bonds. The van der Waals surface area contributed by atoms with Gasteiger partial charge in [0.2, 0.25) is 0 Å². The van der Waals surface area contributed by atoms with Crippen LogP contribution in [0.3, 0.4) is 0 Å². The molecule has 0 bridgehead atoms. The van der Waals surface area contributed by atoms with Crippen LogP contribution in [0.15, 0.2) is 29.3 Å². The van der Waals surface area contributed by atoms with Gasteiger partial charge in [0.05, 0.1) is 13.0 Å². The standard InChI is InChI=1S/C13H16BrNO2/c1-4-17-13(16)7-9(2)11-6-5-10(14)8-12(11)15-3/h5-6,8,15H,2,4,7H2,1,3H3. The van der Waals surface area contributed by atoms with E-state index in [-0.39, 0.29) is 12.4 Å². The Balaban J connectivity index is 2.85. The molecule has 1 rings (SSSR count). The molecule has 0 saturated heterocycles. The topological polar surface area (TPSA) is 38.3 Å². The van der Waals surface area contributed by atoms with Crippen molar-refractivity contribution in [3.8, 4) is 0 Å². The highest BCUT2D eigenvalue weighted by molar-refractivity contribution is 9.10. The van der Waals surface area contributed by atoms with E-state index in [4.69, 9.17) is 4.74 Å². The highest BCUT2D eigenvalue weighted by atomic mass is 79.9. The summed E-state index contributed by atoms with van der Waals surface area (Å²) in [5, 5.41) is 3.08. The van der Waals surface area contributed by atoms with E-state index >= 15 is 0 Å². The predicted octanol–water partition coefficient (Wildman–Crippen LogP) is 3.46. The quantitative estimate of drug-likeness (QED) is 0.846. The summed E-state index contributed by atoms with van der Waals surface area (Å²) in [5.74, 6) is -0.248. The third kappa shape index (κ3) is 3.89. The smallest absolute Gasteiger partial charge is 0.310 e. The molecule has 0 radical (unpaired) electrons. The van der Waals surface area contributed by atoms with Crippen molar-refractivity contribution in [2.45, 2.75) is 13.3 Å². The lowest BCUT2D eigenvalue weighted by Gasteiger charge is -2.11. The van der Waals surface area contributed by atoms with Crippen LogP contribution in [0.4, 0.5) is 5.69 Å². The average molecular weight is 298 g/mol. The summed E-state index contributed by atoms with van der Waals surface area (Å²) in [7, 11) is 1.84. The van der Waals surface area contributed by atoms with Crippen LogP contribution >= 0.6 is 15.9 Å². The maximum atomic E-state index is 11.4. The zero-order valence-corrected chi connectivity index (χ0v) is 11.6. The van der Waals surface area contributed by atoms with Crippen molar-refractivity contribution in [3.63, 3.8) is 0 Å². The summed E-state index contributed by atoms with van der Waals surface area (Å²) >= 11 is 3.40. The van der Waals surface area contributed by atoms with Gasteiger partial charge in [0.1, 0.15) is 0 Å². The summed E-state index contributed by atoms with van der Waals surface area (Å²) < 4.78 is 5.88. The lowest BCUT2D eigenvalue weighted by molar-refractivity contribution is -0.141. The van der Waals surface area contributed by atoms with Crippen molar-refractivity contribution in [3.05, 3.63) is 34.8 Å². The van der Waals surface area contributed by atoms with E-state index in [0.717, 1.165) is 21.3 Å². The first-order chi connectivity index (χ1) is 8.08. The van der Waals surface area contributed by atoms with E-state index < -0.39 is 0 Å². The molecule has 4 heteroatoms. The molecule has 0 heterocycles. The summed E-state index contributed by atoms with van der Waals surface area (Å²) in [6, 6.07) is 5.80. The summed E-state index contributed by atoms with van der Waals surface area (Å²) in [6.45, 7) is 6.11. The SMILES string of the molecule is C=C(CC(=O)OCC)c1ccc(Br)cc1NC. The van der Waals surface area contributed by atoms with Crippen LogP contribution in [0, 0.1) is 0 Å². The minimum atomic E-state index is -0.248. The molecule has 17 heavy (non-hydrogen) atoms. The molecule has 0 unspecified atom stereocenters. The molecule has 0 aromatic heterocycles. The number of carbonyl (C=O) groups is 1. The number of halogens is 1. The monoisotopic (exact) mass is 297 g/mol. The van der Waals surface area contributed by atoms with Crippen molar-refractivity contribution < 1.29 is 9.53 Å². The molecule has 0 spiro atoms. The van der Waals surface area contributed by atoms with Crippen molar-refractivity contribution in [2.75, 3.05) is 19.0 Å². The predicted molar refractivity (Wildman–Crippen MR) is 74.0 cm³/mol. The van der Waals surface area contributed by atoms with Gasteiger partial charge in [-0.05, 0) is 24.6 Å². The molecule has 1 aromatic rings. The van der Waals surface area contributed by atoms with E-state index in [1.165, 1.54) is 0 Å². The molecule has 0 aliphatic carbocycles. The lowest BCUT2D eigenvalue weighted by Crippen LogP contribution is -2.05. The maximum Gasteiger partial charge on any atom is 0.310 e. The maximum absolute atomic E-state index is 11.4. The number of ether oxygens (including phenoxy) is 1. The van der Waals surface area contributed by atoms with Crippen LogP contribution in [-0.4, -0.2) is 19.6 Å². The summed E-state index contributed by atoms with van der Waals surface area (Å²) in [5.41, 5.74) is 2.62. The van der Waals surface area contributed by atoms with Crippen LogP contribution in [0.25, 0.3) is 5.57 Å². The second kappa shape index (κ2) is 6.45. The van der Waals surface area contributed by atoms with E-state index in [2.05, 4.69) is 27.8 Å². The fourth-order valence-electron chi connectivity index (χ4n) is 1.51. The number of hydrogen-bond donors (Lipinski definition) is 1. The third-order valence-corrected chi connectivity index (χ3v) is 2.79. The van der Waals surface area contributed by atoms with Crippen LogP contribution in [0.5, 0.6) is 0 Å². The highest BCUT2D eigenvalue weighted by Crippen LogP contribution is 2.28. The van der Waals surface area contributed by atoms with Crippen molar-refractivity contribution >= 4 is 33.2 Å². The van der Waals surface area contributed by atoms with Crippen molar-refractivity contribution in [1.29, 1.82) is 0 Å². The normalized spacial score (nSPS) is 9.82. The molecule has 3 nitrogen and oxygen atoms in total. The highest BCUT2D eigenvalue weighted by Gasteiger charge is 2.10. The van der Waals surface area contributed by atoms with Crippen LogP contribution < -0.4 is 5.32 Å². The average Bonchev–Trinajstić information content (AvgIpc) is 2.28. The number of hydrogen-bond acceptors (Lipinski definition) is 3. The van der Waals surface area contributed by atoms with Crippen LogP contribution in [0.1, 0.15) is 18.9 Å². The molecule has 92 valence electrons. The van der Waals surface area contributed by atoms with Crippen molar-refractivity contribution in [1.82, 2.24) is 0 Å². The minimum absolute atomic E-state index is 0.212. The number of benzene rings is 1. The number of carbonyl (C=O) groups excluding carboxylic acids is 1. The Kier molecular flexibility index (Phi) is 5.22. The zero-order valence-electron chi connectivity index (χ0n) is 10.0. The van der Waals surface area contributed by atoms with Gasteiger partial charge in [0.15, 0.2) is 0 Å². The van der Waals surface area contributed by atoms with E-state index in [1.54, 1.807) is 6.92 Å². The Bertz CT molecular complexity index is 429. The van der Waals surface area contributed by atoms with Crippen molar-refractivity contribution in [2.24, 2.45) is 0 Å². The van der Waals surface area contributed by atoms with E-state index in [9.17, 15) is 4.79 Å². The minimum Gasteiger partial charge on any atom is -0.466 e. The van der Waals surface area contributed by atoms with Crippen LogP contribution in [-0.2, 0) is 9.53 Å². The molecule has 0 atom stereocenters. The van der Waals surface area contributed by atoms with Crippen LogP contribution in [0.2, 0.25) is 0 Å². The van der Waals surface area contributed by atoms with Gasteiger partial charge >= 0.3 is 5.97 Å². The first kappa shape index (κ1) is 13.8. The van der Waals surface area contributed by atoms with E-state index in [1.807, 2.05) is 25.2 Å². The number of nitrogens with one attached hydrogen (secondary N) is 1. The van der Waals surface area contributed by atoms with Gasteiger partial charge in [-0.25, -0.2) is 0 Å². The first-order valence-electron chi connectivity index (χ1n) is 5.39. The summed E-state index contributed by atoms with van der Waals surface area (Å²) in [6.07, 6.45) is 0.212. The molecule has 1 N–H and O–H groups in total. The molecule has 0 aliphatic heterocycles. The lowest BCUT2D eigenvalue weighted by atomic mass is 10.0. The Labute approximate surface area is 110 Å². The number of rotatable bonds is 5. The van der Waals surface area contributed by atoms with Gasteiger partial charge in [-0.2, -0.15) is 0 Å². The number of anilines is 1. The van der Waals surface area contributed by atoms with E-state index in [0.29, 0.717) is 6.61 Å². The number of esters is 1. The van der Waals surface area contributed by atoms with Gasteiger partial charge in [0, 0.05) is 22.8 Å².